The van der Waals surface area contributed by atoms with Gasteiger partial charge in [-0.3, -0.25) is 14.5 Å². The van der Waals surface area contributed by atoms with Gasteiger partial charge in [-0.1, -0.05) is 44.2 Å². The lowest BCUT2D eigenvalue weighted by Gasteiger charge is -2.27. The van der Waals surface area contributed by atoms with Crippen LogP contribution in [0.15, 0.2) is 66.2 Å². The van der Waals surface area contributed by atoms with E-state index in [2.05, 4.69) is 13.8 Å². The Hall–Kier alpha value is -4.06. The third kappa shape index (κ3) is 4.96. The highest BCUT2D eigenvalue weighted by Crippen LogP contribution is 2.44. The van der Waals surface area contributed by atoms with Gasteiger partial charge in [-0.2, -0.15) is 0 Å². The Balaban J connectivity index is 1.91. The van der Waals surface area contributed by atoms with Crippen LogP contribution in [0.25, 0.3) is 5.76 Å². The molecule has 4 rings (SSSR count). The second kappa shape index (κ2) is 10.5. The molecule has 1 fully saturated rings. The molecule has 1 aliphatic rings. The number of ketones is 1. The van der Waals surface area contributed by atoms with Gasteiger partial charge in [0.1, 0.15) is 17.3 Å². The number of Topliss-reactive ketones (excluding diaryl/α,β-unsaturated/α-hetero) is 1. The van der Waals surface area contributed by atoms with E-state index in [1.807, 2.05) is 51.1 Å². The normalized spacial score (nSPS) is 16.9. The number of hydrogen-bond acceptors (Lipinski definition) is 5. The average molecular weight is 500 g/mol. The largest absolute Gasteiger partial charge is 0.507 e. The van der Waals surface area contributed by atoms with Crippen molar-refractivity contribution in [3.63, 3.8) is 0 Å². The molecule has 0 saturated carbocycles. The molecule has 1 aliphatic heterocycles. The number of carbonyl (C=O) groups excluding carboxylic acids is 2. The van der Waals surface area contributed by atoms with Crippen LogP contribution >= 0.6 is 0 Å². The maximum Gasteiger partial charge on any atom is 0.300 e. The number of aliphatic hydroxyl groups excluding tert-OH is 1. The van der Waals surface area contributed by atoms with Crippen LogP contribution in [-0.4, -0.2) is 30.5 Å². The highest BCUT2D eigenvalue weighted by Gasteiger charge is 2.47. The molecule has 0 aromatic heterocycles. The smallest absolute Gasteiger partial charge is 0.300 e. The van der Waals surface area contributed by atoms with Crippen molar-refractivity contribution in [1.29, 1.82) is 0 Å². The summed E-state index contributed by atoms with van der Waals surface area (Å²) in [7, 11) is 1.52. The first-order valence-electron chi connectivity index (χ1n) is 12.4. The van der Waals surface area contributed by atoms with Crippen LogP contribution in [0.1, 0.15) is 47.7 Å². The van der Waals surface area contributed by atoms with Crippen molar-refractivity contribution in [2.75, 3.05) is 18.6 Å². The number of hydrogen-bond donors (Lipinski definition) is 1. The van der Waals surface area contributed by atoms with Crippen molar-refractivity contribution in [2.24, 2.45) is 5.92 Å². The zero-order valence-electron chi connectivity index (χ0n) is 22.2. The van der Waals surface area contributed by atoms with E-state index in [0.29, 0.717) is 35.3 Å². The second-order valence-electron chi connectivity index (χ2n) is 9.89. The van der Waals surface area contributed by atoms with Crippen molar-refractivity contribution in [2.45, 2.75) is 40.7 Å². The van der Waals surface area contributed by atoms with E-state index >= 15 is 0 Å². The van der Waals surface area contributed by atoms with Crippen molar-refractivity contribution >= 4 is 23.1 Å². The summed E-state index contributed by atoms with van der Waals surface area (Å²) in [6.07, 6.45) is 0. The topological polar surface area (TPSA) is 76.1 Å². The van der Waals surface area contributed by atoms with Crippen LogP contribution in [0.4, 0.5) is 5.69 Å². The number of methoxy groups -OCH3 is 1. The van der Waals surface area contributed by atoms with Gasteiger partial charge >= 0.3 is 0 Å². The summed E-state index contributed by atoms with van der Waals surface area (Å²) in [5.41, 5.74) is 4.33. The molecule has 1 heterocycles. The number of amides is 1. The fraction of sp³-hybridized carbons (Fsp3) is 0.290. The standard InChI is InChI=1S/C31H33NO5/c1-18(2)17-37-23-13-11-22(12-14-23)32-27(24-10-8-7-9-20(24)4)26(29(34)31(32)35)28(33)25-16-19(3)15-21(5)30(25)36-6/h7-16,18,27,33H,17H2,1-6H3/b28-26+. The zero-order chi connectivity index (χ0) is 26.9. The molecule has 0 bridgehead atoms. The monoisotopic (exact) mass is 499 g/mol. The third-order valence-electron chi connectivity index (χ3n) is 6.50. The SMILES string of the molecule is COc1c(C)cc(C)cc1/C(O)=C1\C(=O)C(=O)N(c2ccc(OCC(C)C)cc2)C1c1ccccc1C. The number of nitrogens with zero attached hydrogens (tertiary/aromatic N) is 1. The van der Waals surface area contributed by atoms with Gasteiger partial charge < -0.3 is 14.6 Å². The highest BCUT2D eigenvalue weighted by molar-refractivity contribution is 6.51. The van der Waals surface area contributed by atoms with Gasteiger partial charge in [0.15, 0.2) is 0 Å². The molecule has 6 heteroatoms. The molecule has 3 aromatic rings. The maximum atomic E-state index is 13.5. The van der Waals surface area contributed by atoms with Gasteiger partial charge in [-0.25, -0.2) is 0 Å². The predicted octanol–water partition coefficient (Wildman–Crippen LogP) is 6.28. The summed E-state index contributed by atoms with van der Waals surface area (Å²) in [6.45, 7) is 10.4. The van der Waals surface area contributed by atoms with Crippen molar-refractivity contribution < 1.29 is 24.2 Å². The van der Waals surface area contributed by atoms with Crippen LogP contribution in [-0.2, 0) is 9.59 Å². The lowest BCUT2D eigenvalue weighted by Crippen LogP contribution is -2.29. The third-order valence-corrected chi connectivity index (χ3v) is 6.50. The summed E-state index contributed by atoms with van der Waals surface area (Å²) in [4.78, 5) is 28.5. The molecule has 192 valence electrons. The van der Waals surface area contributed by atoms with E-state index in [4.69, 9.17) is 9.47 Å². The summed E-state index contributed by atoms with van der Waals surface area (Å²) >= 11 is 0. The summed E-state index contributed by atoms with van der Waals surface area (Å²) < 4.78 is 11.4. The van der Waals surface area contributed by atoms with Crippen LogP contribution in [0, 0.1) is 26.7 Å². The Bertz CT molecular complexity index is 1370. The van der Waals surface area contributed by atoms with Gasteiger partial charge in [0, 0.05) is 5.69 Å². The van der Waals surface area contributed by atoms with Gasteiger partial charge in [-0.15, -0.1) is 0 Å². The van der Waals surface area contributed by atoms with Crippen molar-refractivity contribution in [3.8, 4) is 11.5 Å². The number of ether oxygens (including phenoxy) is 2. The van der Waals surface area contributed by atoms with E-state index in [1.54, 1.807) is 30.3 Å². The molecule has 1 atom stereocenters. The van der Waals surface area contributed by atoms with E-state index < -0.39 is 17.7 Å². The van der Waals surface area contributed by atoms with E-state index in [0.717, 1.165) is 22.3 Å². The fourth-order valence-corrected chi connectivity index (χ4v) is 4.80. The maximum absolute atomic E-state index is 13.5. The first-order chi connectivity index (χ1) is 17.6. The number of aliphatic hydroxyl groups is 1. The molecule has 37 heavy (non-hydrogen) atoms. The number of aryl methyl sites for hydroxylation is 3. The van der Waals surface area contributed by atoms with Gasteiger partial charge in [0.25, 0.3) is 11.7 Å². The number of benzene rings is 3. The Morgan fingerprint density at radius 2 is 1.65 bits per heavy atom. The average Bonchev–Trinajstić information content (AvgIpc) is 3.12. The molecule has 1 amide bonds. The molecule has 1 N–H and O–H groups in total. The zero-order valence-corrected chi connectivity index (χ0v) is 22.2. The van der Waals surface area contributed by atoms with Crippen LogP contribution in [0.5, 0.6) is 11.5 Å². The molecule has 1 unspecified atom stereocenters. The Morgan fingerprint density at radius 3 is 2.27 bits per heavy atom. The molecular weight excluding hydrogens is 466 g/mol. The lowest BCUT2D eigenvalue weighted by atomic mass is 9.91. The lowest BCUT2D eigenvalue weighted by molar-refractivity contribution is -0.132. The summed E-state index contributed by atoms with van der Waals surface area (Å²) in [5, 5.41) is 11.6. The number of carbonyl (C=O) groups is 2. The molecular formula is C31H33NO5. The quantitative estimate of drug-likeness (QED) is 0.235. The Morgan fingerprint density at radius 1 is 0.973 bits per heavy atom. The number of rotatable bonds is 7. The molecule has 0 spiro atoms. The first-order valence-corrected chi connectivity index (χ1v) is 12.4. The van der Waals surface area contributed by atoms with Gasteiger partial charge in [-0.05, 0) is 79.3 Å². The molecule has 0 aliphatic carbocycles. The minimum Gasteiger partial charge on any atom is -0.507 e. The second-order valence-corrected chi connectivity index (χ2v) is 9.89. The fourth-order valence-electron chi connectivity index (χ4n) is 4.80. The van der Waals surface area contributed by atoms with Gasteiger partial charge in [0.2, 0.25) is 0 Å². The Labute approximate surface area is 218 Å². The van der Waals surface area contributed by atoms with Crippen LogP contribution in [0.3, 0.4) is 0 Å². The van der Waals surface area contributed by atoms with Gasteiger partial charge in [0.05, 0.1) is 30.9 Å². The van der Waals surface area contributed by atoms with Crippen LogP contribution < -0.4 is 14.4 Å². The summed E-state index contributed by atoms with van der Waals surface area (Å²) in [5.74, 6) is -0.178. The minimum atomic E-state index is -0.811. The molecule has 1 saturated heterocycles. The Kier molecular flexibility index (Phi) is 7.39. The predicted molar refractivity (Wildman–Crippen MR) is 145 cm³/mol. The van der Waals surface area contributed by atoms with Crippen molar-refractivity contribution in [1.82, 2.24) is 0 Å². The van der Waals surface area contributed by atoms with E-state index in [9.17, 15) is 14.7 Å². The van der Waals surface area contributed by atoms with Crippen LogP contribution in [0.2, 0.25) is 0 Å². The molecule has 3 aromatic carbocycles. The first kappa shape index (κ1) is 26.0. The highest BCUT2D eigenvalue weighted by atomic mass is 16.5. The van der Waals surface area contributed by atoms with E-state index in [-0.39, 0.29) is 11.3 Å². The minimum absolute atomic E-state index is 0.0303. The molecule has 6 nitrogen and oxygen atoms in total. The number of anilines is 1. The molecule has 0 radical (unpaired) electrons. The van der Waals surface area contributed by atoms with Crippen molar-refractivity contribution in [3.05, 3.63) is 94.1 Å². The van der Waals surface area contributed by atoms with E-state index in [1.165, 1.54) is 12.0 Å². The summed E-state index contributed by atoms with van der Waals surface area (Å²) in [6, 6.07) is 17.6.